The van der Waals surface area contributed by atoms with Gasteiger partial charge in [-0.15, -0.1) is 0 Å². The summed E-state index contributed by atoms with van der Waals surface area (Å²) in [5.41, 5.74) is 1.32. The third-order valence-corrected chi connectivity index (χ3v) is 5.20. The summed E-state index contributed by atoms with van der Waals surface area (Å²) >= 11 is 0. The van der Waals surface area contributed by atoms with Gasteiger partial charge in [0.1, 0.15) is 11.6 Å². The highest BCUT2D eigenvalue weighted by Crippen LogP contribution is 2.27. The Labute approximate surface area is 187 Å². The van der Waals surface area contributed by atoms with Gasteiger partial charge in [-0.05, 0) is 69.0 Å². The number of hydrogen-bond donors (Lipinski definition) is 3. The fourth-order valence-corrected chi connectivity index (χ4v) is 3.77. The number of aromatic carboxylic acids is 1. The monoisotopic (exact) mass is 449 g/mol. The maximum Gasteiger partial charge on any atom is 0.335 e. The minimum atomic E-state index is -0.892. The van der Waals surface area contributed by atoms with Gasteiger partial charge in [0.25, 0.3) is 12.9 Å². The first kappa shape index (κ1) is 26.6. The van der Waals surface area contributed by atoms with Crippen LogP contribution in [0.2, 0.25) is 0 Å². The Kier molecular flexibility index (Phi) is 12.1. The molecule has 1 aromatic heterocycles. The Balaban J connectivity index is 0.000000769. The van der Waals surface area contributed by atoms with Crippen molar-refractivity contribution in [2.45, 2.75) is 32.7 Å². The maximum atomic E-state index is 11.2. The summed E-state index contributed by atoms with van der Waals surface area (Å²) < 4.78 is 7.61. The molecule has 1 aromatic carbocycles. The van der Waals surface area contributed by atoms with Gasteiger partial charge in [0.15, 0.2) is 0 Å². The minimum absolute atomic E-state index is 0.250. The van der Waals surface area contributed by atoms with Crippen LogP contribution in [0.5, 0.6) is 5.75 Å². The highest BCUT2D eigenvalue weighted by Gasteiger charge is 2.23. The van der Waals surface area contributed by atoms with Crippen LogP contribution in [-0.4, -0.2) is 75.4 Å². The predicted molar refractivity (Wildman–Crippen MR) is 117 cm³/mol. The summed E-state index contributed by atoms with van der Waals surface area (Å²) in [5, 5.41) is 23.0. The van der Waals surface area contributed by atoms with Crippen LogP contribution in [-0.2, 0) is 22.6 Å². The fraction of sp³-hybridized carbons (Fsp3) is 0.455. The summed E-state index contributed by atoms with van der Waals surface area (Å²) in [7, 11) is 1.64. The number of nitrogens with zero attached hydrogens (tertiary/aromatic N) is 3. The molecule has 32 heavy (non-hydrogen) atoms. The molecule has 1 aliphatic heterocycles. The summed E-state index contributed by atoms with van der Waals surface area (Å²) in [4.78, 5) is 34.7. The quantitative estimate of drug-likeness (QED) is 0.517. The number of hydrogen-bond acceptors (Lipinski definition) is 6. The van der Waals surface area contributed by atoms with Crippen LogP contribution in [0.25, 0.3) is 0 Å². The summed E-state index contributed by atoms with van der Waals surface area (Å²) in [6, 6.07) is 5.12. The van der Waals surface area contributed by atoms with E-state index in [1.54, 1.807) is 25.3 Å². The average Bonchev–Trinajstić information content (AvgIpc) is 3.38. The number of likely N-dealkylation sites (tertiary alicyclic amines) is 1. The molecule has 3 N–H and O–H groups in total. The Morgan fingerprint density at radius 3 is 2.50 bits per heavy atom. The zero-order valence-electron chi connectivity index (χ0n) is 18.4. The van der Waals surface area contributed by atoms with Gasteiger partial charge in [-0.1, -0.05) is 0 Å². The number of rotatable bonds is 8. The van der Waals surface area contributed by atoms with Gasteiger partial charge in [-0.3, -0.25) is 9.59 Å². The molecule has 0 bridgehead atoms. The third kappa shape index (κ3) is 8.76. The zero-order valence-corrected chi connectivity index (χ0v) is 18.4. The number of aryl methyl sites for hydroxylation is 2. The lowest BCUT2D eigenvalue weighted by Crippen LogP contribution is -2.23. The first-order valence-corrected chi connectivity index (χ1v) is 10.2. The number of ether oxygens (including phenoxy) is 1. The highest BCUT2D eigenvalue weighted by molar-refractivity contribution is 5.88. The van der Waals surface area contributed by atoms with Crippen LogP contribution in [0, 0.1) is 12.8 Å². The van der Waals surface area contributed by atoms with Crippen molar-refractivity contribution < 1.29 is 34.4 Å². The van der Waals surface area contributed by atoms with E-state index in [9.17, 15) is 9.90 Å². The van der Waals surface area contributed by atoms with Gasteiger partial charge in [0.2, 0.25) is 0 Å². The molecule has 1 saturated heterocycles. The van der Waals surface area contributed by atoms with E-state index in [1.165, 1.54) is 0 Å². The number of imidazole rings is 1. The second-order valence-corrected chi connectivity index (χ2v) is 7.22. The topological polar surface area (TPSA) is 142 Å². The standard InChI is InChI=1S/C20H27N3O3.2CH2O2/c1-15-21-7-11-23(15)9-3-8-22-10-6-16(14-22)12-18-13-17(20(24)25)4-5-19(18)26-2;2*2-1-3/h4-5,7,11,13,16H,3,6,8-10,12,14H2,1-2H3,(H,24,25);2*1H,(H,2,3). The molecular weight excluding hydrogens is 418 g/mol. The van der Waals surface area contributed by atoms with Crippen molar-refractivity contribution in [3.8, 4) is 5.75 Å². The molecule has 2 heterocycles. The van der Waals surface area contributed by atoms with Crippen LogP contribution in [0.4, 0.5) is 0 Å². The molecule has 0 saturated carbocycles. The molecule has 1 atom stereocenters. The third-order valence-electron chi connectivity index (χ3n) is 5.20. The lowest BCUT2D eigenvalue weighted by Gasteiger charge is -2.17. The van der Waals surface area contributed by atoms with E-state index in [2.05, 4.69) is 14.5 Å². The van der Waals surface area contributed by atoms with E-state index in [0.29, 0.717) is 11.5 Å². The Morgan fingerprint density at radius 1 is 1.25 bits per heavy atom. The molecule has 3 rings (SSSR count). The highest BCUT2D eigenvalue weighted by atomic mass is 16.5. The zero-order chi connectivity index (χ0) is 23.9. The summed E-state index contributed by atoms with van der Waals surface area (Å²) in [5.74, 6) is 1.50. The molecule has 176 valence electrons. The molecule has 1 unspecified atom stereocenters. The molecule has 0 spiro atoms. The number of aromatic nitrogens is 2. The molecule has 0 aliphatic carbocycles. The lowest BCUT2D eigenvalue weighted by molar-refractivity contribution is -0.123. The van der Waals surface area contributed by atoms with Crippen molar-refractivity contribution in [3.05, 3.63) is 47.5 Å². The Bertz CT molecular complexity index is 848. The van der Waals surface area contributed by atoms with E-state index in [0.717, 1.165) is 62.6 Å². The largest absolute Gasteiger partial charge is 0.496 e. The van der Waals surface area contributed by atoms with Gasteiger partial charge in [0.05, 0.1) is 12.7 Å². The maximum absolute atomic E-state index is 11.2. The van der Waals surface area contributed by atoms with Crippen molar-refractivity contribution in [1.29, 1.82) is 0 Å². The van der Waals surface area contributed by atoms with Gasteiger partial charge < -0.3 is 29.5 Å². The van der Waals surface area contributed by atoms with Crippen molar-refractivity contribution in [2.24, 2.45) is 5.92 Å². The van der Waals surface area contributed by atoms with E-state index >= 15 is 0 Å². The second kappa shape index (κ2) is 14.6. The van der Waals surface area contributed by atoms with E-state index < -0.39 is 5.97 Å². The first-order chi connectivity index (χ1) is 15.4. The van der Waals surface area contributed by atoms with Crippen LogP contribution in [0.3, 0.4) is 0 Å². The predicted octanol–water partition coefficient (Wildman–Crippen LogP) is 2.25. The number of carboxylic acids is 1. The lowest BCUT2D eigenvalue weighted by atomic mass is 9.96. The van der Waals surface area contributed by atoms with E-state index in [4.69, 9.17) is 24.5 Å². The number of carboxylic acid groups (broad SMARTS) is 3. The normalized spacial score (nSPS) is 15.0. The molecule has 1 aliphatic rings. The van der Waals surface area contributed by atoms with Gasteiger partial charge in [0, 0.05) is 25.5 Å². The Hall–Kier alpha value is -3.40. The van der Waals surface area contributed by atoms with Crippen LogP contribution >= 0.6 is 0 Å². The molecule has 10 heteroatoms. The van der Waals surface area contributed by atoms with Crippen molar-refractivity contribution in [1.82, 2.24) is 14.5 Å². The van der Waals surface area contributed by atoms with Crippen molar-refractivity contribution in [2.75, 3.05) is 26.7 Å². The number of benzene rings is 1. The van der Waals surface area contributed by atoms with Gasteiger partial charge >= 0.3 is 5.97 Å². The van der Waals surface area contributed by atoms with Gasteiger partial charge in [-0.2, -0.15) is 0 Å². The molecule has 0 amide bonds. The van der Waals surface area contributed by atoms with Crippen LogP contribution < -0.4 is 4.74 Å². The average molecular weight is 450 g/mol. The fourth-order valence-electron chi connectivity index (χ4n) is 3.77. The SMILES string of the molecule is COc1ccc(C(=O)O)cc1CC1CCN(CCCn2ccnc2C)C1.O=CO.O=CO. The number of carbonyl (C=O) groups is 3. The van der Waals surface area contributed by atoms with Crippen LogP contribution in [0.15, 0.2) is 30.6 Å². The number of methoxy groups -OCH3 is 1. The second-order valence-electron chi connectivity index (χ2n) is 7.22. The van der Waals surface area contributed by atoms with Crippen LogP contribution in [0.1, 0.15) is 34.6 Å². The Morgan fingerprint density at radius 2 is 1.94 bits per heavy atom. The molecule has 0 radical (unpaired) electrons. The molecular formula is C22H31N3O7. The summed E-state index contributed by atoms with van der Waals surface area (Å²) in [6.45, 7) is 5.78. The smallest absolute Gasteiger partial charge is 0.335 e. The van der Waals surface area contributed by atoms with Crippen molar-refractivity contribution >= 4 is 18.9 Å². The van der Waals surface area contributed by atoms with E-state index in [-0.39, 0.29) is 12.9 Å². The van der Waals surface area contributed by atoms with Gasteiger partial charge in [-0.25, -0.2) is 9.78 Å². The summed E-state index contributed by atoms with van der Waals surface area (Å²) in [6.07, 6.45) is 7.00. The minimum Gasteiger partial charge on any atom is -0.496 e. The molecule has 2 aromatic rings. The first-order valence-electron chi connectivity index (χ1n) is 10.2. The molecule has 1 fully saturated rings. The molecule has 10 nitrogen and oxygen atoms in total. The van der Waals surface area contributed by atoms with E-state index in [1.807, 2.05) is 19.3 Å². The van der Waals surface area contributed by atoms with Crippen molar-refractivity contribution in [3.63, 3.8) is 0 Å².